The molecule has 0 aliphatic heterocycles. The topological polar surface area (TPSA) is 64.6 Å². The number of benzene rings is 2. The number of carbonyl (C=O) groups is 2. The van der Waals surface area contributed by atoms with Gasteiger partial charge in [-0.3, -0.25) is 4.79 Å². The second kappa shape index (κ2) is 9.21. The first-order valence-corrected chi connectivity index (χ1v) is 9.07. The Kier molecular flexibility index (Phi) is 6.99. The first-order valence-electron chi connectivity index (χ1n) is 9.07. The normalized spacial score (nSPS) is 11.8. The molecule has 0 spiro atoms. The third kappa shape index (κ3) is 5.84. The van der Waals surface area contributed by atoms with Crippen molar-refractivity contribution >= 4 is 17.6 Å². The third-order valence-corrected chi connectivity index (χ3v) is 4.31. The lowest BCUT2D eigenvalue weighted by molar-refractivity contribution is -0.155. The summed E-state index contributed by atoms with van der Waals surface area (Å²) in [5, 5.41) is 2.82. The van der Waals surface area contributed by atoms with Crippen molar-refractivity contribution in [2.75, 3.05) is 11.9 Å². The fraction of sp³-hybridized carbons (Fsp3) is 0.364. The number of carbonyl (C=O) groups excluding carboxylic acids is 2. The van der Waals surface area contributed by atoms with E-state index < -0.39 is 12.1 Å². The Hall–Kier alpha value is -2.82. The van der Waals surface area contributed by atoms with Gasteiger partial charge < -0.3 is 14.8 Å². The highest BCUT2D eigenvalue weighted by Gasteiger charge is 2.19. The van der Waals surface area contributed by atoms with Crippen LogP contribution < -0.4 is 10.1 Å². The Labute approximate surface area is 160 Å². The molecule has 27 heavy (non-hydrogen) atoms. The van der Waals surface area contributed by atoms with Crippen molar-refractivity contribution in [3.8, 4) is 5.75 Å². The summed E-state index contributed by atoms with van der Waals surface area (Å²) < 4.78 is 10.6. The number of amides is 1. The largest absolute Gasteiger partial charge is 0.482 e. The van der Waals surface area contributed by atoms with Gasteiger partial charge in [0.1, 0.15) is 5.75 Å². The average Bonchev–Trinajstić information content (AvgIpc) is 2.63. The number of hydrogen-bond acceptors (Lipinski definition) is 4. The number of para-hydroxylation sites is 1. The molecule has 0 heterocycles. The first-order chi connectivity index (χ1) is 12.8. The van der Waals surface area contributed by atoms with Gasteiger partial charge in [0.15, 0.2) is 12.7 Å². The van der Waals surface area contributed by atoms with E-state index in [-0.39, 0.29) is 12.5 Å². The van der Waals surface area contributed by atoms with Crippen molar-refractivity contribution in [1.29, 1.82) is 0 Å². The van der Waals surface area contributed by atoms with E-state index in [1.54, 1.807) is 0 Å². The van der Waals surface area contributed by atoms with Crippen molar-refractivity contribution in [2.45, 2.75) is 46.6 Å². The molecule has 0 radical (unpaired) electrons. The summed E-state index contributed by atoms with van der Waals surface area (Å²) in [5.41, 5.74) is 3.85. The minimum absolute atomic E-state index is 0.248. The number of aryl methyl sites for hydroxylation is 2. The zero-order chi connectivity index (χ0) is 20.0. The number of nitrogens with one attached hydrogen (secondary N) is 1. The molecular weight excluding hydrogens is 342 g/mol. The summed E-state index contributed by atoms with van der Waals surface area (Å²) >= 11 is 0. The molecule has 5 nitrogen and oxygen atoms in total. The molecule has 0 aliphatic rings. The molecule has 0 saturated heterocycles. The van der Waals surface area contributed by atoms with Crippen molar-refractivity contribution < 1.29 is 19.1 Å². The highest BCUT2D eigenvalue weighted by Crippen LogP contribution is 2.20. The standard InChI is InChI=1S/C22H27NO4/c1-14(2)18-9-11-19(12-10-18)26-13-20(24)27-17(5)22(25)23-21-15(3)7-6-8-16(21)4/h6-12,14,17H,13H2,1-5H3,(H,23,25)/t17-/m0/s1. The van der Waals surface area contributed by atoms with E-state index >= 15 is 0 Å². The van der Waals surface area contributed by atoms with Crippen molar-refractivity contribution in [2.24, 2.45) is 0 Å². The fourth-order valence-corrected chi connectivity index (χ4v) is 2.61. The fourth-order valence-electron chi connectivity index (χ4n) is 2.61. The van der Waals surface area contributed by atoms with E-state index in [2.05, 4.69) is 19.2 Å². The third-order valence-electron chi connectivity index (χ3n) is 4.31. The smallest absolute Gasteiger partial charge is 0.344 e. The van der Waals surface area contributed by atoms with E-state index in [0.29, 0.717) is 11.7 Å². The summed E-state index contributed by atoms with van der Waals surface area (Å²) in [6, 6.07) is 13.3. The highest BCUT2D eigenvalue weighted by atomic mass is 16.6. The Bertz CT molecular complexity index is 776. The molecule has 0 aromatic heterocycles. The van der Waals surface area contributed by atoms with Gasteiger partial charge in [0, 0.05) is 5.69 Å². The summed E-state index contributed by atoms with van der Waals surface area (Å²) in [5.74, 6) is 0.0541. The van der Waals surface area contributed by atoms with Gasteiger partial charge in [-0.25, -0.2) is 4.79 Å². The zero-order valence-corrected chi connectivity index (χ0v) is 16.5. The monoisotopic (exact) mass is 369 g/mol. The maximum atomic E-state index is 12.3. The van der Waals surface area contributed by atoms with Gasteiger partial charge in [-0.05, 0) is 55.5 Å². The predicted molar refractivity (Wildman–Crippen MR) is 106 cm³/mol. The minimum Gasteiger partial charge on any atom is -0.482 e. The molecular formula is C22H27NO4. The number of hydrogen-bond donors (Lipinski definition) is 1. The first kappa shape index (κ1) is 20.5. The van der Waals surface area contributed by atoms with Gasteiger partial charge in [0.05, 0.1) is 0 Å². The van der Waals surface area contributed by atoms with Crippen molar-refractivity contribution in [3.63, 3.8) is 0 Å². The van der Waals surface area contributed by atoms with Gasteiger partial charge >= 0.3 is 5.97 Å². The maximum Gasteiger partial charge on any atom is 0.344 e. The summed E-state index contributed by atoms with van der Waals surface area (Å²) in [6.07, 6.45) is -0.913. The molecule has 0 bridgehead atoms. The molecule has 144 valence electrons. The van der Waals surface area contributed by atoms with Gasteiger partial charge in [0.2, 0.25) is 0 Å². The number of anilines is 1. The lowest BCUT2D eigenvalue weighted by Crippen LogP contribution is -2.32. The molecule has 5 heteroatoms. The lowest BCUT2D eigenvalue weighted by Gasteiger charge is -2.16. The van der Waals surface area contributed by atoms with Gasteiger partial charge in [-0.2, -0.15) is 0 Å². The zero-order valence-electron chi connectivity index (χ0n) is 16.5. The quantitative estimate of drug-likeness (QED) is 0.736. The van der Waals surface area contributed by atoms with Gasteiger partial charge in [0.25, 0.3) is 5.91 Å². The maximum absolute atomic E-state index is 12.3. The highest BCUT2D eigenvalue weighted by molar-refractivity contribution is 5.96. The van der Waals surface area contributed by atoms with Crippen LogP contribution in [0.5, 0.6) is 5.75 Å². The number of ether oxygens (including phenoxy) is 2. The van der Waals surface area contributed by atoms with Crippen LogP contribution in [0.15, 0.2) is 42.5 Å². The number of esters is 1. The van der Waals surface area contributed by atoms with E-state index in [0.717, 1.165) is 16.8 Å². The second-order valence-electron chi connectivity index (χ2n) is 6.90. The summed E-state index contributed by atoms with van der Waals surface area (Å²) in [4.78, 5) is 24.3. The molecule has 0 aliphatic carbocycles. The summed E-state index contributed by atoms with van der Waals surface area (Å²) in [7, 11) is 0. The molecule has 1 atom stereocenters. The van der Waals surface area contributed by atoms with Gasteiger partial charge in [-0.15, -0.1) is 0 Å². The van der Waals surface area contributed by atoms with Crippen molar-refractivity contribution in [3.05, 3.63) is 59.2 Å². The molecule has 2 rings (SSSR count). The minimum atomic E-state index is -0.913. The van der Waals surface area contributed by atoms with Crippen LogP contribution in [0.2, 0.25) is 0 Å². The lowest BCUT2D eigenvalue weighted by atomic mass is 10.0. The second-order valence-corrected chi connectivity index (χ2v) is 6.90. The molecule has 0 unspecified atom stereocenters. The summed E-state index contributed by atoms with van der Waals surface area (Å²) in [6.45, 7) is 9.34. The van der Waals surface area contributed by atoms with Crippen molar-refractivity contribution in [1.82, 2.24) is 0 Å². The predicted octanol–water partition coefficient (Wildman–Crippen LogP) is 4.38. The Morgan fingerprint density at radius 3 is 2.11 bits per heavy atom. The van der Waals surface area contributed by atoms with Crippen LogP contribution in [-0.4, -0.2) is 24.6 Å². The van der Waals surface area contributed by atoms with E-state index in [4.69, 9.17) is 9.47 Å². The molecule has 0 saturated carbocycles. The Morgan fingerprint density at radius 2 is 1.56 bits per heavy atom. The molecule has 1 N–H and O–H groups in total. The molecule has 2 aromatic rings. The van der Waals surface area contributed by atoms with Crippen LogP contribution in [0.1, 0.15) is 43.4 Å². The van der Waals surface area contributed by atoms with Crippen LogP contribution in [0.25, 0.3) is 0 Å². The Balaban J connectivity index is 1.84. The number of rotatable bonds is 7. The van der Waals surface area contributed by atoms with Crippen LogP contribution in [0.3, 0.4) is 0 Å². The van der Waals surface area contributed by atoms with Crippen LogP contribution in [0.4, 0.5) is 5.69 Å². The molecule has 2 aromatic carbocycles. The molecule has 1 amide bonds. The van der Waals surface area contributed by atoms with Crippen LogP contribution >= 0.6 is 0 Å². The average molecular weight is 369 g/mol. The van der Waals surface area contributed by atoms with E-state index in [9.17, 15) is 9.59 Å². The SMILES string of the molecule is Cc1cccc(C)c1NC(=O)[C@H](C)OC(=O)COc1ccc(C(C)C)cc1. The van der Waals surface area contributed by atoms with E-state index in [1.807, 2.05) is 56.3 Å². The Morgan fingerprint density at radius 1 is 0.963 bits per heavy atom. The van der Waals surface area contributed by atoms with Crippen LogP contribution in [0, 0.1) is 13.8 Å². The van der Waals surface area contributed by atoms with Crippen LogP contribution in [-0.2, 0) is 14.3 Å². The molecule has 0 fully saturated rings. The van der Waals surface area contributed by atoms with E-state index in [1.165, 1.54) is 12.5 Å². The van der Waals surface area contributed by atoms with Gasteiger partial charge in [-0.1, -0.05) is 44.2 Å².